The first-order valence-electron chi connectivity index (χ1n) is 7.02. The maximum absolute atomic E-state index is 5.69. The summed E-state index contributed by atoms with van der Waals surface area (Å²) in [5.74, 6) is 1.56. The second kappa shape index (κ2) is 6.98. The standard InChI is InChI=1S/C18H22O/c1-15(2)17-12-10-16(11-13-17)7-6-14-19-18-8-4-3-5-9-18/h3-5,8-13,15H,6-7,14H2,1-2H3. The van der Waals surface area contributed by atoms with Gasteiger partial charge in [0.15, 0.2) is 0 Å². The van der Waals surface area contributed by atoms with Crippen molar-refractivity contribution in [1.82, 2.24) is 0 Å². The van der Waals surface area contributed by atoms with Gasteiger partial charge in [-0.1, -0.05) is 56.3 Å². The van der Waals surface area contributed by atoms with Crippen LogP contribution in [0.4, 0.5) is 0 Å². The summed E-state index contributed by atoms with van der Waals surface area (Å²) in [5.41, 5.74) is 2.80. The zero-order valence-electron chi connectivity index (χ0n) is 11.8. The highest BCUT2D eigenvalue weighted by atomic mass is 16.5. The molecule has 0 atom stereocenters. The van der Waals surface area contributed by atoms with Crippen LogP contribution in [0.15, 0.2) is 54.6 Å². The van der Waals surface area contributed by atoms with Gasteiger partial charge < -0.3 is 4.74 Å². The maximum Gasteiger partial charge on any atom is 0.119 e. The monoisotopic (exact) mass is 254 g/mol. The lowest BCUT2D eigenvalue weighted by atomic mass is 10.0. The Morgan fingerprint density at radius 1 is 0.895 bits per heavy atom. The molecular formula is C18H22O. The van der Waals surface area contributed by atoms with Crippen LogP contribution in [0, 0.1) is 0 Å². The van der Waals surface area contributed by atoms with Crippen LogP contribution in [0.2, 0.25) is 0 Å². The van der Waals surface area contributed by atoms with Gasteiger partial charge in [0, 0.05) is 0 Å². The minimum absolute atomic E-state index is 0.607. The summed E-state index contributed by atoms with van der Waals surface area (Å²) >= 11 is 0. The van der Waals surface area contributed by atoms with Gasteiger partial charge >= 0.3 is 0 Å². The van der Waals surface area contributed by atoms with Crippen LogP contribution < -0.4 is 4.74 Å². The third kappa shape index (κ3) is 4.44. The summed E-state index contributed by atoms with van der Waals surface area (Å²) < 4.78 is 5.69. The van der Waals surface area contributed by atoms with E-state index >= 15 is 0 Å². The van der Waals surface area contributed by atoms with Crippen molar-refractivity contribution in [3.63, 3.8) is 0 Å². The molecule has 0 radical (unpaired) electrons. The Labute approximate surface area is 116 Å². The molecule has 1 nitrogen and oxygen atoms in total. The van der Waals surface area contributed by atoms with E-state index in [0.29, 0.717) is 5.92 Å². The minimum Gasteiger partial charge on any atom is -0.494 e. The number of rotatable bonds is 6. The maximum atomic E-state index is 5.69. The SMILES string of the molecule is CC(C)c1ccc(CCCOc2ccccc2)cc1. The molecular weight excluding hydrogens is 232 g/mol. The summed E-state index contributed by atoms with van der Waals surface area (Å²) in [4.78, 5) is 0. The number of hydrogen-bond acceptors (Lipinski definition) is 1. The van der Waals surface area contributed by atoms with E-state index in [9.17, 15) is 0 Å². The molecule has 2 rings (SSSR count). The highest BCUT2D eigenvalue weighted by Crippen LogP contribution is 2.15. The van der Waals surface area contributed by atoms with Gasteiger partial charge in [-0.05, 0) is 42.0 Å². The van der Waals surface area contributed by atoms with Crippen molar-refractivity contribution >= 4 is 0 Å². The zero-order valence-corrected chi connectivity index (χ0v) is 11.8. The molecule has 0 aliphatic carbocycles. The Morgan fingerprint density at radius 3 is 2.21 bits per heavy atom. The van der Waals surface area contributed by atoms with E-state index in [4.69, 9.17) is 4.74 Å². The molecule has 1 heteroatoms. The predicted molar refractivity (Wildman–Crippen MR) is 80.8 cm³/mol. The summed E-state index contributed by atoms with van der Waals surface area (Å²) in [6.07, 6.45) is 2.13. The van der Waals surface area contributed by atoms with Crippen LogP contribution in [0.1, 0.15) is 37.3 Å². The fraction of sp³-hybridized carbons (Fsp3) is 0.333. The molecule has 0 bridgehead atoms. The van der Waals surface area contributed by atoms with Crippen molar-refractivity contribution < 1.29 is 4.74 Å². The quantitative estimate of drug-likeness (QED) is 0.671. The van der Waals surface area contributed by atoms with Crippen LogP contribution in [0.25, 0.3) is 0 Å². The molecule has 19 heavy (non-hydrogen) atoms. The van der Waals surface area contributed by atoms with Crippen molar-refractivity contribution in [2.75, 3.05) is 6.61 Å². The Hall–Kier alpha value is -1.76. The van der Waals surface area contributed by atoms with E-state index in [-0.39, 0.29) is 0 Å². The van der Waals surface area contributed by atoms with E-state index in [0.717, 1.165) is 25.2 Å². The van der Waals surface area contributed by atoms with Gasteiger partial charge in [0.1, 0.15) is 5.75 Å². The van der Waals surface area contributed by atoms with Crippen molar-refractivity contribution in [3.8, 4) is 5.75 Å². The molecule has 100 valence electrons. The van der Waals surface area contributed by atoms with E-state index in [1.165, 1.54) is 11.1 Å². The Kier molecular flexibility index (Phi) is 5.02. The molecule has 0 aliphatic rings. The second-order valence-corrected chi connectivity index (χ2v) is 5.16. The van der Waals surface area contributed by atoms with Gasteiger partial charge in [0.25, 0.3) is 0 Å². The Balaban J connectivity index is 1.74. The van der Waals surface area contributed by atoms with Crippen molar-refractivity contribution in [2.24, 2.45) is 0 Å². The first-order valence-corrected chi connectivity index (χ1v) is 7.02. The largest absolute Gasteiger partial charge is 0.494 e. The smallest absolute Gasteiger partial charge is 0.119 e. The lowest BCUT2D eigenvalue weighted by Gasteiger charge is -2.08. The third-order valence-corrected chi connectivity index (χ3v) is 3.27. The molecule has 0 spiro atoms. The number of hydrogen-bond donors (Lipinski definition) is 0. The molecule has 0 saturated heterocycles. The summed E-state index contributed by atoms with van der Waals surface area (Å²) in [6.45, 7) is 5.22. The number of para-hydroxylation sites is 1. The van der Waals surface area contributed by atoms with E-state index in [1.54, 1.807) is 0 Å². The normalized spacial score (nSPS) is 10.7. The molecule has 2 aromatic carbocycles. The van der Waals surface area contributed by atoms with Gasteiger partial charge in [-0.2, -0.15) is 0 Å². The van der Waals surface area contributed by atoms with Crippen LogP contribution in [0.3, 0.4) is 0 Å². The molecule has 0 fully saturated rings. The van der Waals surface area contributed by atoms with Crippen LogP contribution in [-0.2, 0) is 6.42 Å². The summed E-state index contributed by atoms with van der Waals surface area (Å²) in [5, 5.41) is 0. The lowest BCUT2D eigenvalue weighted by Crippen LogP contribution is -1.99. The minimum atomic E-state index is 0.607. The van der Waals surface area contributed by atoms with Crippen LogP contribution in [0.5, 0.6) is 5.75 Å². The first kappa shape index (κ1) is 13.7. The molecule has 0 N–H and O–H groups in total. The molecule has 0 amide bonds. The highest BCUT2D eigenvalue weighted by Gasteiger charge is 1.99. The van der Waals surface area contributed by atoms with E-state index in [2.05, 4.69) is 38.1 Å². The highest BCUT2D eigenvalue weighted by molar-refractivity contribution is 5.25. The van der Waals surface area contributed by atoms with Gasteiger partial charge in [-0.25, -0.2) is 0 Å². The lowest BCUT2D eigenvalue weighted by molar-refractivity contribution is 0.311. The van der Waals surface area contributed by atoms with Gasteiger partial charge in [0.05, 0.1) is 6.61 Å². The average Bonchev–Trinajstić information content (AvgIpc) is 2.45. The number of aryl methyl sites for hydroxylation is 1. The molecule has 0 saturated carbocycles. The van der Waals surface area contributed by atoms with Gasteiger partial charge in [0.2, 0.25) is 0 Å². The Bertz CT molecular complexity index is 471. The molecule has 0 unspecified atom stereocenters. The Morgan fingerprint density at radius 2 is 1.58 bits per heavy atom. The van der Waals surface area contributed by atoms with E-state index in [1.807, 2.05) is 30.3 Å². The molecule has 0 aromatic heterocycles. The van der Waals surface area contributed by atoms with Gasteiger partial charge in [-0.3, -0.25) is 0 Å². The van der Waals surface area contributed by atoms with Gasteiger partial charge in [-0.15, -0.1) is 0 Å². The average molecular weight is 254 g/mol. The fourth-order valence-corrected chi connectivity index (χ4v) is 2.05. The summed E-state index contributed by atoms with van der Waals surface area (Å²) in [6, 6.07) is 18.9. The molecule has 2 aromatic rings. The topological polar surface area (TPSA) is 9.23 Å². The summed E-state index contributed by atoms with van der Waals surface area (Å²) in [7, 11) is 0. The second-order valence-electron chi connectivity index (χ2n) is 5.16. The van der Waals surface area contributed by atoms with Crippen LogP contribution >= 0.6 is 0 Å². The van der Waals surface area contributed by atoms with Crippen molar-refractivity contribution in [3.05, 3.63) is 65.7 Å². The number of benzene rings is 2. The zero-order chi connectivity index (χ0) is 13.5. The molecule has 0 heterocycles. The predicted octanol–water partition coefficient (Wildman–Crippen LogP) is 4.82. The fourth-order valence-electron chi connectivity index (χ4n) is 2.05. The van der Waals surface area contributed by atoms with Crippen molar-refractivity contribution in [2.45, 2.75) is 32.6 Å². The van der Waals surface area contributed by atoms with Crippen LogP contribution in [-0.4, -0.2) is 6.61 Å². The third-order valence-electron chi connectivity index (χ3n) is 3.27. The first-order chi connectivity index (χ1) is 9.25. The molecule has 0 aliphatic heterocycles. The number of ether oxygens (including phenoxy) is 1. The van der Waals surface area contributed by atoms with Crippen molar-refractivity contribution in [1.29, 1.82) is 0 Å². The van der Waals surface area contributed by atoms with E-state index < -0.39 is 0 Å².